The summed E-state index contributed by atoms with van der Waals surface area (Å²) in [5, 5.41) is 58.7. The molecule has 3 saturated carbocycles. The maximum Gasteiger partial charge on any atom is 0.340 e. The van der Waals surface area contributed by atoms with Crippen LogP contribution in [0.25, 0.3) is 32.7 Å². The first kappa shape index (κ1) is 69.8. The lowest BCUT2D eigenvalue weighted by Crippen LogP contribution is -2.23. The molecule has 0 spiro atoms. The second-order valence-corrected chi connectivity index (χ2v) is 25.1. The van der Waals surface area contributed by atoms with E-state index in [0.717, 1.165) is 83.2 Å². The fourth-order valence-corrected chi connectivity index (χ4v) is 11.6. The third-order valence-corrected chi connectivity index (χ3v) is 17.6. The van der Waals surface area contributed by atoms with Gasteiger partial charge in [0.25, 0.3) is 11.8 Å². The van der Waals surface area contributed by atoms with Crippen molar-refractivity contribution in [2.45, 2.75) is 116 Å². The number of nitrogens with two attached hydrogens (primary N) is 4. The number of aromatic carboxylic acids is 1. The molecule has 15 rings (SSSR count). The van der Waals surface area contributed by atoms with Gasteiger partial charge in [-0.05, 0) is 200 Å². The number of anilines is 3. The molecule has 0 radical (unpaired) electrons. The molecular formula is C75H72ClN21O4. The number of aryl methyl sites for hydroxylation is 3. The number of nitrogens with one attached hydrogen (secondary N) is 2. The number of carbonyl (C=O) groups is 3. The second kappa shape index (κ2) is 30.9. The largest absolute Gasteiger partial charge is 0.478 e. The number of carbonyl (C=O) groups excluding carboxylic acids is 2. The summed E-state index contributed by atoms with van der Waals surface area (Å²) in [4.78, 5) is 62.7. The summed E-state index contributed by atoms with van der Waals surface area (Å²) >= 11 is 0. The van der Waals surface area contributed by atoms with Crippen molar-refractivity contribution in [2.75, 3.05) is 17.2 Å². The van der Waals surface area contributed by atoms with Crippen LogP contribution in [0.15, 0.2) is 146 Å². The van der Waals surface area contributed by atoms with E-state index in [-0.39, 0.29) is 71.1 Å². The molecular weight excluding hydrogens is 1290 g/mol. The number of nitrogen functional groups attached to an aromatic ring is 3. The lowest BCUT2D eigenvalue weighted by atomic mass is 10.1. The number of amides is 2. The van der Waals surface area contributed by atoms with Gasteiger partial charge in [0.15, 0.2) is 17.1 Å². The van der Waals surface area contributed by atoms with E-state index in [1.807, 2.05) is 118 Å². The molecule has 3 aromatic carbocycles. The Bertz CT molecular complexity index is 5050. The van der Waals surface area contributed by atoms with Gasteiger partial charge in [0, 0.05) is 90.1 Å². The zero-order valence-corrected chi connectivity index (χ0v) is 56.5. The monoisotopic (exact) mass is 1370 g/mol. The molecule has 9 heterocycles. The number of hydrogen-bond donors (Lipinski definition) is 7. The molecule has 0 atom stereocenters. The van der Waals surface area contributed by atoms with E-state index >= 15 is 0 Å². The Morgan fingerprint density at radius 2 is 0.792 bits per heavy atom. The van der Waals surface area contributed by atoms with Gasteiger partial charge in [-0.1, -0.05) is 36.4 Å². The van der Waals surface area contributed by atoms with Gasteiger partial charge in [0.2, 0.25) is 0 Å². The topological polar surface area (TPSA) is 402 Å². The highest BCUT2D eigenvalue weighted by Gasteiger charge is 2.27. The number of nitriles is 3. The Morgan fingerprint density at radius 1 is 0.475 bits per heavy atom. The summed E-state index contributed by atoms with van der Waals surface area (Å²) in [7, 11) is 0. The minimum absolute atomic E-state index is 0. The lowest BCUT2D eigenvalue weighted by Gasteiger charge is -2.07. The molecule has 0 aliphatic heterocycles. The third kappa shape index (κ3) is 17.4. The van der Waals surface area contributed by atoms with Crippen molar-refractivity contribution >= 4 is 80.4 Å². The fraction of sp³-hybridized carbons (Fsp3) is 0.240. The van der Waals surface area contributed by atoms with Gasteiger partial charge < -0.3 is 38.7 Å². The van der Waals surface area contributed by atoms with E-state index < -0.39 is 5.97 Å². The van der Waals surface area contributed by atoms with Crippen molar-refractivity contribution in [2.24, 2.45) is 5.73 Å². The molecule has 11 N–H and O–H groups in total. The standard InChI is InChI=1S/2C25H23N7O.C18H14N4O2.C7H11N3.ClH/c2*1-15-18(5-7-24(27)30-15)11-29-25(33)21-14-32(31-23(21)10-26)13-16-2-6-22-19(8-16)9-20(12-28-22)17-3-4-17;19-7-17-15(18(23)24)10-22(21-17)9-11-1-4-16-13(5-11)6-14(8-20-16)12-2-3-12;1-5-6(4-8)2-3-7(9)10-5;/h2*2,5-9,12,14,17H,3-4,11,13H2,1H3,(H2,27,30)(H,29,33);1,4-6,8,10,12H,2-3,9H2,(H,23,24);2-3H,4,8H2,1H3,(H2,9,10);1H. The van der Waals surface area contributed by atoms with E-state index in [2.05, 4.69) is 86.2 Å². The zero-order chi connectivity index (χ0) is 70.1. The summed E-state index contributed by atoms with van der Waals surface area (Å²) in [6.45, 7) is 7.98. The van der Waals surface area contributed by atoms with Crippen molar-refractivity contribution in [1.29, 1.82) is 15.8 Å². The number of nitrogens with zero attached hydrogens (tertiary/aromatic N) is 15. The summed E-state index contributed by atoms with van der Waals surface area (Å²) in [5.74, 6) is 1.49. The first-order chi connectivity index (χ1) is 48.4. The van der Waals surface area contributed by atoms with Crippen LogP contribution in [0.3, 0.4) is 0 Å². The quantitative estimate of drug-likeness (QED) is 0.0445. The number of fused-ring (bicyclic) bond motifs is 3. The Kier molecular flexibility index (Phi) is 21.4. The molecule has 508 valence electrons. The minimum Gasteiger partial charge on any atom is -0.478 e. The van der Waals surface area contributed by atoms with Crippen molar-refractivity contribution < 1.29 is 19.5 Å². The summed E-state index contributed by atoms with van der Waals surface area (Å²) in [6, 6.07) is 41.3. The van der Waals surface area contributed by atoms with Crippen LogP contribution in [0.1, 0.15) is 172 Å². The van der Waals surface area contributed by atoms with Crippen LogP contribution in [0.4, 0.5) is 17.5 Å². The van der Waals surface area contributed by atoms with Crippen LogP contribution >= 0.6 is 12.4 Å². The number of pyridine rings is 6. The van der Waals surface area contributed by atoms with E-state index in [1.165, 1.54) is 66.1 Å². The van der Waals surface area contributed by atoms with Crippen LogP contribution in [0, 0.1) is 54.8 Å². The third-order valence-electron chi connectivity index (χ3n) is 17.6. The van der Waals surface area contributed by atoms with E-state index in [4.69, 9.17) is 33.3 Å². The van der Waals surface area contributed by atoms with Gasteiger partial charge in [0.1, 0.15) is 41.2 Å². The minimum atomic E-state index is -1.14. The Hall–Kier alpha value is -12.5. The van der Waals surface area contributed by atoms with Crippen LogP contribution in [0.2, 0.25) is 0 Å². The number of aromatic nitrogens is 12. The summed E-state index contributed by atoms with van der Waals surface area (Å²) in [6.07, 6.45) is 17.9. The van der Waals surface area contributed by atoms with Crippen LogP contribution < -0.4 is 33.6 Å². The first-order valence-electron chi connectivity index (χ1n) is 32.6. The number of benzene rings is 3. The zero-order valence-electron chi connectivity index (χ0n) is 55.7. The SMILES string of the molecule is Cc1nc(N)ccc1CN.Cc1nc(N)ccc1CNC(=O)c1cn(Cc2ccc3ncc(C4CC4)cc3c2)nc1C#N.Cc1nc(N)ccc1CNC(=O)c1cn(Cc2ccc3ncc(C4CC4)cc3c2)nc1C#N.Cl.N#Cc1nn(Cc2ccc3ncc(C4CC4)cc3c2)cc1C(=O)O. The van der Waals surface area contributed by atoms with E-state index in [0.29, 0.717) is 61.4 Å². The van der Waals surface area contributed by atoms with Crippen LogP contribution in [-0.4, -0.2) is 82.1 Å². The predicted molar refractivity (Wildman–Crippen MR) is 384 cm³/mol. The molecule has 0 bridgehead atoms. The van der Waals surface area contributed by atoms with E-state index in [9.17, 15) is 24.9 Å². The van der Waals surface area contributed by atoms with Crippen LogP contribution in [0.5, 0.6) is 0 Å². The normalized spacial score (nSPS) is 12.8. The molecule has 101 heavy (non-hydrogen) atoms. The molecule has 3 aliphatic carbocycles. The fourth-order valence-electron chi connectivity index (χ4n) is 11.6. The van der Waals surface area contributed by atoms with Gasteiger partial charge in [-0.3, -0.25) is 38.6 Å². The van der Waals surface area contributed by atoms with Gasteiger partial charge >= 0.3 is 5.97 Å². The smallest absolute Gasteiger partial charge is 0.340 e. The number of rotatable bonds is 17. The number of hydrogen-bond acceptors (Lipinski definition) is 19. The van der Waals surface area contributed by atoms with Crippen molar-refractivity contribution in [3.63, 3.8) is 0 Å². The summed E-state index contributed by atoms with van der Waals surface area (Å²) in [5.41, 5.74) is 37.7. The number of carboxylic acids is 1. The maximum absolute atomic E-state index is 12.8. The van der Waals surface area contributed by atoms with Gasteiger partial charge in [-0.25, -0.2) is 19.7 Å². The lowest BCUT2D eigenvalue weighted by molar-refractivity contribution is 0.0695. The molecule has 3 aliphatic rings. The number of halogens is 1. The van der Waals surface area contributed by atoms with Crippen LogP contribution in [-0.2, 0) is 39.3 Å². The number of carboxylic acid groups (broad SMARTS) is 1. The summed E-state index contributed by atoms with van der Waals surface area (Å²) < 4.78 is 4.74. The van der Waals surface area contributed by atoms with Crippen molar-refractivity contribution in [3.05, 3.63) is 247 Å². The molecule has 0 unspecified atom stereocenters. The van der Waals surface area contributed by atoms with Crippen molar-refractivity contribution in [1.82, 2.24) is 69.9 Å². The average Bonchev–Trinajstić information content (AvgIpc) is 1.79. The Balaban J connectivity index is 0.000000143. The first-order valence-corrected chi connectivity index (χ1v) is 32.6. The molecule has 12 aromatic rings. The highest BCUT2D eigenvalue weighted by Crippen LogP contribution is 2.42. The molecule has 2 amide bonds. The van der Waals surface area contributed by atoms with E-state index in [1.54, 1.807) is 40.0 Å². The highest BCUT2D eigenvalue weighted by molar-refractivity contribution is 5.96. The van der Waals surface area contributed by atoms with Gasteiger partial charge in [-0.15, -0.1) is 12.4 Å². The maximum atomic E-state index is 12.8. The second-order valence-electron chi connectivity index (χ2n) is 25.1. The molecule has 26 heteroatoms. The average molecular weight is 1370 g/mol. The molecule has 25 nitrogen and oxygen atoms in total. The molecule has 0 saturated heterocycles. The Labute approximate surface area is 587 Å². The van der Waals surface area contributed by atoms with Gasteiger partial charge in [-0.2, -0.15) is 31.1 Å². The van der Waals surface area contributed by atoms with Gasteiger partial charge in [0.05, 0.1) is 47.3 Å². The predicted octanol–water partition coefficient (Wildman–Crippen LogP) is 10.7. The Morgan fingerprint density at radius 3 is 1.08 bits per heavy atom. The van der Waals surface area contributed by atoms with Crippen molar-refractivity contribution in [3.8, 4) is 18.2 Å². The highest BCUT2D eigenvalue weighted by atomic mass is 35.5. The molecule has 3 fully saturated rings. The molecule has 9 aromatic heterocycles.